The predicted octanol–water partition coefficient (Wildman–Crippen LogP) is 2.23. The largest absolute Gasteiger partial charge is 0.330 e. The summed E-state index contributed by atoms with van der Waals surface area (Å²) < 4.78 is 0. The van der Waals surface area contributed by atoms with Crippen molar-refractivity contribution in [2.24, 2.45) is 5.73 Å². The van der Waals surface area contributed by atoms with Crippen LogP contribution >= 0.6 is 0 Å². The van der Waals surface area contributed by atoms with Crippen LogP contribution in [0.3, 0.4) is 0 Å². The number of rotatable bonds is 2. The van der Waals surface area contributed by atoms with Gasteiger partial charge in [0.2, 0.25) is 0 Å². The summed E-state index contributed by atoms with van der Waals surface area (Å²) in [6.07, 6.45) is 10.3. The van der Waals surface area contributed by atoms with Crippen LogP contribution in [0.25, 0.3) is 0 Å². The van der Waals surface area contributed by atoms with E-state index in [1.165, 1.54) is 32.1 Å². The minimum atomic E-state index is 0.825. The SMILES string of the molecule is NCCC1=CCCCCC1. The summed E-state index contributed by atoms with van der Waals surface area (Å²) in [7, 11) is 0. The van der Waals surface area contributed by atoms with E-state index in [1.807, 2.05) is 0 Å². The lowest BCUT2D eigenvalue weighted by Crippen LogP contribution is -1.99. The highest BCUT2D eigenvalue weighted by Crippen LogP contribution is 2.18. The standard InChI is InChI=1S/C9H17N/c10-8-7-9-5-3-1-2-4-6-9/h5H,1-4,6-8,10H2. The van der Waals surface area contributed by atoms with E-state index in [0.717, 1.165) is 13.0 Å². The van der Waals surface area contributed by atoms with Crippen molar-refractivity contribution in [1.82, 2.24) is 0 Å². The summed E-state index contributed by atoms with van der Waals surface area (Å²) in [6.45, 7) is 0.825. The summed E-state index contributed by atoms with van der Waals surface area (Å²) in [5.41, 5.74) is 7.07. The summed E-state index contributed by atoms with van der Waals surface area (Å²) in [4.78, 5) is 0. The van der Waals surface area contributed by atoms with Crippen LogP contribution in [0.5, 0.6) is 0 Å². The maximum atomic E-state index is 5.47. The zero-order chi connectivity index (χ0) is 7.23. The molecule has 0 spiro atoms. The second kappa shape index (κ2) is 4.51. The van der Waals surface area contributed by atoms with Crippen molar-refractivity contribution in [1.29, 1.82) is 0 Å². The van der Waals surface area contributed by atoms with Crippen LogP contribution in [-0.4, -0.2) is 6.54 Å². The third-order valence-corrected chi connectivity index (χ3v) is 2.10. The molecule has 0 bridgehead atoms. The molecule has 1 nitrogen and oxygen atoms in total. The summed E-state index contributed by atoms with van der Waals surface area (Å²) >= 11 is 0. The van der Waals surface area contributed by atoms with E-state index < -0.39 is 0 Å². The molecule has 1 aliphatic rings. The first-order valence-corrected chi connectivity index (χ1v) is 4.31. The zero-order valence-electron chi connectivity index (χ0n) is 6.60. The van der Waals surface area contributed by atoms with Crippen LogP contribution in [-0.2, 0) is 0 Å². The lowest BCUT2D eigenvalue weighted by Gasteiger charge is -2.00. The smallest absolute Gasteiger partial charge is 0.00399 e. The van der Waals surface area contributed by atoms with Crippen LogP contribution in [0.2, 0.25) is 0 Å². The van der Waals surface area contributed by atoms with E-state index in [0.29, 0.717) is 0 Å². The second-order valence-electron chi connectivity index (χ2n) is 3.00. The fourth-order valence-electron chi connectivity index (χ4n) is 1.49. The predicted molar refractivity (Wildman–Crippen MR) is 44.8 cm³/mol. The van der Waals surface area contributed by atoms with Crippen molar-refractivity contribution in [3.8, 4) is 0 Å². The average molecular weight is 139 g/mol. The lowest BCUT2D eigenvalue weighted by atomic mass is 10.1. The van der Waals surface area contributed by atoms with Gasteiger partial charge in [0.25, 0.3) is 0 Å². The van der Waals surface area contributed by atoms with E-state index in [9.17, 15) is 0 Å². The minimum Gasteiger partial charge on any atom is -0.330 e. The molecule has 0 aromatic heterocycles. The number of allylic oxidation sites excluding steroid dienone is 1. The van der Waals surface area contributed by atoms with Crippen molar-refractivity contribution in [2.45, 2.75) is 38.5 Å². The maximum absolute atomic E-state index is 5.47. The third-order valence-electron chi connectivity index (χ3n) is 2.10. The first-order chi connectivity index (χ1) is 4.93. The third kappa shape index (κ3) is 2.53. The molecule has 1 heteroatoms. The molecule has 58 valence electrons. The Morgan fingerprint density at radius 1 is 1.30 bits per heavy atom. The first-order valence-electron chi connectivity index (χ1n) is 4.31. The highest BCUT2D eigenvalue weighted by atomic mass is 14.5. The number of hydrogen-bond acceptors (Lipinski definition) is 1. The zero-order valence-corrected chi connectivity index (χ0v) is 6.60. The Hall–Kier alpha value is -0.300. The van der Waals surface area contributed by atoms with E-state index >= 15 is 0 Å². The Morgan fingerprint density at radius 2 is 2.20 bits per heavy atom. The molecule has 0 fully saturated rings. The maximum Gasteiger partial charge on any atom is -0.00399 e. The molecule has 0 aliphatic heterocycles. The van der Waals surface area contributed by atoms with Gasteiger partial charge in [-0.1, -0.05) is 18.1 Å². The first kappa shape index (κ1) is 7.80. The molecule has 0 saturated carbocycles. The number of nitrogens with two attached hydrogens (primary N) is 1. The van der Waals surface area contributed by atoms with Gasteiger partial charge in [-0.15, -0.1) is 0 Å². The Labute approximate surface area is 63.3 Å². The monoisotopic (exact) mass is 139 g/mol. The molecule has 0 atom stereocenters. The quantitative estimate of drug-likeness (QED) is 0.583. The number of hydrogen-bond donors (Lipinski definition) is 1. The molecule has 0 amide bonds. The van der Waals surface area contributed by atoms with Gasteiger partial charge in [-0.3, -0.25) is 0 Å². The van der Waals surface area contributed by atoms with Gasteiger partial charge < -0.3 is 5.73 Å². The van der Waals surface area contributed by atoms with Crippen molar-refractivity contribution >= 4 is 0 Å². The topological polar surface area (TPSA) is 26.0 Å². The highest BCUT2D eigenvalue weighted by Gasteiger charge is 2.00. The molecule has 0 heterocycles. The Balaban J connectivity index is 2.31. The van der Waals surface area contributed by atoms with Gasteiger partial charge in [-0.2, -0.15) is 0 Å². The summed E-state index contributed by atoms with van der Waals surface area (Å²) in [5, 5.41) is 0. The average Bonchev–Trinajstić information content (AvgIpc) is 2.17. The molecule has 0 aromatic rings. The van der Waals surface area contributed by atoms with E-state index in [4.69, 9.17) is 5.73 Å². The molecule has 0 aromatic carbocycles. The van der Waals surface area contributed by atoms with Crippen molar-refractivity contribution in [2.75, 3.05) is 6.54 Å². The normalized spacial score (nSPS) is 19.9. The van der Waals surface area contributed by atoms with Gasteiger partial charge >= 0.3 is 0 Å². The fourth-order valence-corrected chi connectivity index (χ4v) is 1.49. The van der Waals surface area contributed by atoms with Gasteiger partial charge in [0.05, 0.1) is 0 Å². The van der Waals surface area contributed by atoms with E-state index in [-0.39, 0.29) is 0 Å². The van der Waals surface area contributed by atoms with Gasteiger partial charge in [-0.25, -0.2) is 0 Å². The van der Waals surface area contributed by atoms with Gasteiger partial charge in [0, 0.05) is 0 Å². The Kier molecular flexibility index (Phi) is 3.52. The molecule has 0 saturated heterocycles. The van der Waals surface area contributed by atoms with Crippen LogP contribution in [0.1, 0.15) is 38.5 Å². The molecular formula is C9H17N. The van der Waals surface area contributed by atoms with Crippen LogP contribution in [0.4, 0.5) is 0 Å². The van der Waals surface area contributed by atoms with Gasteiger partial charge in [0.1, 0.15) is 0 Å². The summed E-state index contributed by atoms with van der Waals surface area (Å²) in [5.74, 6) is 0. The highest BCUT2D eigenvalue weighted by molar-refractivity contribution is 5.03. The van der Waals surface area contributed by atoms with Gasteiger partial charge in [0.15, 0.2) is 0 Å². The van der Waals surface area contributed by atoms with Crippen molar-refractivity contribution in [3.63, 3.8) is 0 Å². The molecule has 2 N–H and O–H groups in total. The summed E-state index contributed by atoms with van der Waals surface area (Å²) in [6, 6.07) is 0. The molecule has 10 heavy (non-hydrogen) atoms. The molecular weight excluding hydrogens is 122 g/mol. The lowest BCUT2D eigenvalue weighted by molar-refractivity contribution is 0.702. The minimum absolute atomic E-state index is 0.825. The Bertz CT molecular complexity index is 116. The molecule has 1 rings (SSSR count). The van der Waals surface area contributed by atoms with Crippen LogP contribution in [0, 0.1) is 0 Å². The molecule has 1 aliphatic carbocycles. The van der Waals surface area contributed by atoms with Crippen LogP contribution < -0.4 is 5.73 Å². The fraction of sp³-hybridized carbons (Fsp3) is 0.778. The molecule has 0 unspecified atom stereocenters. The Morgan fingerprint density at radius 3 is 3.00 bits per heavy atom. The molecule has 0 radical (unpaired) electrons. The second-order valence-corrected chi connectivity index (χ2v) is 3.00. The van der Waals surface area contributed by atoms with Crippen molar-refractivity contribution in [3.05, 3.63) is 11.6 Å². The van der Waals surface area contributed by atoms with E-state index in [1.54, 1.807) is 5.57 Å². The van der Waals surface area contributed by atoms with Crippen molar-refractivity contribution < 1.29 is 0 Å². The van der Waals surface area contributed by atoms with Gasteiger partial charge in [-0.05, 0) is 38.6 Å². The van der Waals surface area contributed by atoms with Crippen LogP contribution in [0.15, 0.2) is 11.6 Å². The van der Waals surface area contributed by atoms with E-state index in [2.05, 4.69) is 6.08 Å².